The van der Waals surface area contributed by atoms with Crippen molar-refractivity contribution in [1.29, 1.82) is 0 Å². The van der Waals surface area contributed by atoms with Crippen molar-refractivity contribution < 1.29 is 23.2 Å². The van der Waals surface area contributed by atoms with Crippen LogP contribution in [-0.4, -0.2) is 66.3 Å². The van der Waals surface area contributed by atoms with Crippen molar-refractivity contribution >= 4 is 25.7 Å². The molecule has 0 unspecified atom stereocenters. The number of rotatable bonds is 19. The quantitative estimate of drug-likeness (QED) is 0.0746. The van der Waals surface area contributed by atoms with E-state index >= 15 is 0 Å². The number of aromatic nitrogens is 2. The van der Waals surface area contributed by atoms with Gasteiger partial charge in [-0.15, -0.1) is 6.42 Å². The van der Waals surface area contributed by atoms with E-state index in [1.54, 1.807) is 20.9 Å². The molecule has 0 radical (unpaired) electrons. The molecule has 0 spiro atoms. The molecule has 0 atom stereocenters. The van der Waals surface area contributed by atoms with Gasteiger partial charge in [-0.05, 0) is 68.9 Å². The summed E-state index contributed by atoms with van der Waals surface area (Å²) in [7, 11) is -1.50. The predicted molar refractivity (Wildman–Crippen MR) is 176 cm³/mol. The van der Waals surface area contributed by atoms with Crippen molar-refractivity contribution in [1.82, 2.24) is 14.5 Å². The minimum atomic E-state index is -3.18. The average Bonchev–Trinajstić information content (AvgIpc) is 3.64. The minimum Gasteiger partial charge on any atom is -0.329 e. The first-order valence-electron chi connectivity index (χ1n) is 16.1. The Morgan fingerprint density at radius 2 is 1.80 bits per heavy atom. The predicted octanol–water partition coefficient (Wildman–Crippen LogP) is 6.70. The lowest BCUT2D eigenvalue weighted by atomic mass is 10.0. The molecule has 1 aliphatic rings. The molecule has 10 heteroatoms. The fourth-order valence-electron chi connectivity index (χ4n) is 5.81. The molecule has 3 rings (SSSR count). The first-order chi connectivity index (χ1) is 21.2. The zero-order valence-corrected chi connectivity index (χ0v) is 28.2. The number of unbranched alkanes of at least 4 members (excludes halogenated alkanes) is 1. The van der Waals surface area contributed by atoms with Gasteiger partial charge in [0.1, 0.15) is 5.82 Å². The highest BCUT2D eigenvalue weighted by Gasteiger charge is 2.31. The lowest BCUT2D eigenvalue weighted by Crippen LogP contribution is -2.33. The summed E-state index contributed by atoms with van der Waals surface area (Å²) in [5.41, 5.74) is 2.90. The maximum absolute atomic E-state index is 13.9. The summed E-state index contributed by atoms with van der Waals surface area (Å²) in [6, 6.07) is 8.66. The van der Waals surface area contributed by atoms with Crippen molar-refractivity contribution in [3.8, 4) is 12.3 Å². The van der Waals surface area contributed by atoms with Crippen molar-refractivity contribution in [3.05, 3.63) is 46.9 Å². The number of nitrogens with zero attached hydrogens (tertiary/aromatic N) is 4. The molecule has 0 bridgehead atoms. The minimum absolute atomic E-state index is 0.148. The van der Waals surface area contributed by atoms with E-state index in [-0.39, 0.29) is 18.6 Å². The molecule has 0 N–H and O–H groups in total. The van der Waals surface area contributed by atoms with Crippen molar-refractivity contribution in [2.45, 2.75) is 91.5 Å². The Morgan fingerprint density at radius 3 is 2.36 bits per heavy atom. The Bertz CT molecular complexity index is 1280. The molecule has 9 nitrogen and oxygen atoms in total. The van der Waals surface area contributed by atoms with Crippen LogP contribution in [0.15, 0.2) is 24.3 Å². The number of hydrogen-bond donors (Lipinski definition) is 0. The van der Waals surface area contributed by atoms with Gasteiger partial charge in [-0.25, -0.2) is 4.98 Å². The average molecular weight is 627 g/mol. The molecule has 1 heterocycles. The van der Waals surface area contributed by atoms with Gasteiger partial charge in [0.2, 0.25) is 6.41 Å². The van der Waals surface area contributed by atoms with Crippen LogP contribution in [0.3, 0.4) is 0 Å². The van der Waals surface area contributed by atoms with Crippen LogP contribution in [0, 0.1) is 18.3 Å². The fourth-order valence-corrected chi connectivity index (χ4v) is 7.54. The molecule has 1 saturated carbocycles. The van der Waals surface area contributed by atoms with Gasteiger partial charge in [-0.1, -0.05) is 56.9 Å². The van der Waals surface area contributed by atoms with Gasteiger partial charge in [0.15, 0.2) is 11.5 Å². The third kappa shape index (κ3) is 9.79. The van der Waals surface area contributed by atoms with Crippen LogP contribution in [-0.2, 0) is 37.8 Å². The molecule has 0 saturated heterocycles. The van der Waals surface area contributed by atoms with E-state index in [0.717, 1.165) is 31.5 Å². The van der Waals surface area contributed by atoms with Gasteiger partial charge >= 0.3 is 7.60 Å². The van der Waals surface area contributed by atoms with E-state index in [1.165, 1.54) is 33.8 Å². The first kappa shape index (κ1) is 35.6. The Balaban J connectivity index is 1.93. The zero-order valence-electron chi connectivity index (χ0n) is 27.3. The first-order valence-corrected chi connectivity index (χ1v) is 17.9. The number of hydrogen-bond acceptors (Lipinski definition) is 6. The number of imidazole rings is 1. The molecule has 2 amide bonds. The van der Waals surface area contributed by atoms with Crippen LogP contribution in [0.1, 0.15) is 99.6 Å². The highest BCUT2D eigenvalue weighted by Crippen LogP contribution is 2.48. The Hall–Kier alpha value is -2.92. The summed E-state index contributed by atoms with van der Waals surface area (Å²) in [5, 5.41) is 0. The van der Waals surface area contributed by atoms with E-state index in [9.17, 15) is 14.2 Å². The second-order valence-corrected chi connectivity index (χ2v) is 14.1. The van der Waals surface area contributed by atoms with Crippen molar-refractivity contribution in [3.63, 3.8) is 0 Å². The molecule has 1 aromatic heterocycles. The number of carbonyl (C=O) groups excluding carboxylic acids is 2. The highest BCUT2D eigenvalue weighted by atomic mass is 31.2. The summed E-state index contributed by atoms with van der Waals surface area (Å²) in [6.07, 6.45) is 13.6. The number of anilines is 1. The Kier molecular flexibility index (Phi) is 14.2. The largest absolute Gasteiger partial charge is 0.330 e. The van der Waals surface area contributed by atoms with Gasteiger partial charge in [0.25, 0.3) is 5.91 Å². The second-order valence-electron chi connectivity index (χ2n) is 11.9. The van der Waals surface area contributed by atoms with Crippen LogP contribution >= 0.6 is 7.60 Å². The zero-order chi connectivity index (χ0) is 32.1. The van der Waals surface area contributed by atoms with Gasteiger partial charge < -0.3 is 18.5 Å². The summed E-state index contributed by atoms with van der Waals surface area (Å²) >= 11 is 0. The maximum Gasteiger partial charge on any atom is 0.330 e. The monoisotopic (exact) mass is 626 g/mol. The lowest BCUT2D eigenvalue weighted by Gasteiger charge is -2.22. The van der Waals surface area contributed by atoms with Crippen LogP contribution in [0.2, 0.25) is 0 Å². The lowest BCUT2D eigenvalue weighted by molar-refractivity contribution is -0.107. The van der Waals surface area contributed by atoms with Crippen molar-refractivity contribution in [2.75, 3.05) is 44.4 Å². The molecule has 1 aromatic carbocycles. The number of terminal acetylenes is 1. The van der Waals surface area contributed by atoms with Crippen LogP contribution < -0.4 is 4.90 Å². The Morgan fingerprint density at radius 1 is 1.14 bits per heavy atom. The van der Waals surface area contributed by atoms with Crippen LogP contribution in [0.25, 0.3) is 0 Å². The number of amides is 2. The van der Waals surface area contributed by atoms with E-state index < -0.39 is 7.60 Å². The maximum atomic E-state index is 13.9. The summed E-state index contributed by atoms with van der Waals surface area (Å²) in [4.78, 5) is 34.4. The molecule has 0 aliphatic heterocycles. The standard InChI is InChI=1S/C34H51N4O5P/c1-7-22-36(6)34(40)32-33(37(26-39)23-12-13-24-44(41,42-8-2)43-9-3)35-31(38(32)25-29-14-10-11-15-29)21-18-28-16-19-30(20-17-28)27(4)5/h1,16-17,19-20,26-27,29H,8-15,18,21-25H2,2-6H3. The summed E-state index contributed by atoms with van der Waals surface area (Å²) in [6.45, 7) is 9.69. The van der Waals surface area contributed by atoms with Crippen LogP contribution in [0.5, 0.6) is 0 Å². The fraction of sp³-hybridized carbons (Fsp3) is 0.618. The van der Waals surface area contributed by atoms with E-state index in [0.29, 0.717) is 68.9 Å². The van der Waals surface area contributed by atoms with Gasteiger partial charge in [-0.3, -0.25) is 19.1 Å². The van der Waals surface area contributed by atoms with Gasteiger partial charge in [0.05, 0.1) is 25.9 Å². The smallest absolute Gasteiger partial charge is 0.329 e. The number of benzene rings is 1. The Labute approximate surface area is 264 Å². The van der Waals surface area contributed by atoms with Crippen LogP contribution in [0.4, 0.5) is 5.82 Å². The second kappa shape index (κ2) is 17.5. The molecular formula is C34H51N4O5P. The SMILES string of the molecule is C#CCN(C)C(=O)c1c(N(C=O)CCCCP(=O)(OCC)OCC)nc(CCc2ccc(C(C)C)cc2)n1CC1CCCC1. The van der Waals surface area contributed by atoms with E-state index in [4.69, 9.17) is 20.5 Å². The topological polar surface area (TPSA) is 94.0 Å². The molecule has 2 aromatic rings. The molecule has 1 aliphatic carbocycles. The third-order valence-electron chi connectivity index (χ3n) is 8.24. The van der Waals surface area contributed by atoms with Crippen molar-refractivity contribution in [2.24, 2.45) is 5.92 Å². The van der Waals surface area contributed by atoms with E-state index in [1.807, 2.05) is 0 Å². The summed E-state index contributed by atoms with van der Waals surface area (Å²) in [5.74, 6) is 4.37. The molecular weight excluding hydrogens is 575 g/mol. The normalized spacial score (nSPS) is 13.8. The van der Waals surface area contributed by atoms with Gasteiger partial charge in [0, 0.05) is 26.6 Å². The number of carbonyl (C=O) groups is 2. The third-order valence-corrected chi connectivity index (χ3v) is 10.4. The molecule has 44 heavy (non-hydrogen) atoms. The number of aryl methyl sites for hydroxylation is 2. The highest BCUT2D eigenvalue weighted by molar-refractivity contribution is 7.53. The van der Waals surface area contributed by atoms with E-state index in [2.05, 4.69) is 48.6 Å². The summed E-state index contributed by atoms with van der Waals surface area (Å²) < 4.78 is 25.8. The molecule has 1 fully saturated rings. The van der Waals surface area contributed by atoms with Gasteiger partial charge in [-0.2, -0.15) is 0 Å². The molecule has 242 valence electrons.